The molecule has 2 aromatic rings. The van der Waals surface area contributed by atoms with Crippen molar-refractivity contribution in [1.82, 2.24) is 15.2 Å². The summed E-state index contributed by atoms with van der Waals surface area (Å²) < 4.78 is 45.6. The average molecular weight is 472 g/mol. The van der Waals surface area contributed by atoms with Crippen LogP contribution in [0.15, 0.2) is 47.4 Å². The molecule has 2 aromatic carbocycles. The van der Waals surface area contributed by atoms with Gasteiger partial charge in [0.1, 0.15) is 4.90 Å². The Hall–Kier alpha value is -2.69. The highest BCUT2D eigenvalue weighted by molar-refractivity contribution is 7.89. The molecule has 0 heterocycles. The molecule has 0 spiro atoms. The lowest BCUT2D eigenvalue weighted by Crippen LogP contribution is -2.47. The van der Waals surface area contributed by atoms with Crippen LogP contribution in [-0.4, -0.2) is 43.7 Å². The number of nitrogens with zero attached hydrogens (tertiary/aromatic N) is 1. The Balaban J connectivity index is 2.09. The van der Waals surface area contributed by atoms with Crippen LogP contribution in [0.5, 0.6) is 5.75 Å². The van der Waals surface area contributed by atoms with Crippen LogP contribution < -0.4 is 15.6 Å². The summed E-state index contributed by atoms with van der Waals surface area (Å²) in [6.45, 7) is 5.23. The van der Waals surface area contributed by atoms with Crippen LogP contribution in [0.1, 0.15) is 31.1 Å². The average Bonchev–Trinajstić information content (AvgIpc) is 2.74. The number of benzene rings is 2. The van der Waals surface area contributed by atoms with Gasteiger partial charge < -0.3 is 4.74 Å². The first-order valence-electron chi connectivity index (χ1n) is 9.42. The van der Waals surface area contributed by atoms with Gasteiger partial charge in [0.25, 0.3) is 11.8 Å². The molecule has 0 aromatic heterocycles. The van der Waals surface area contributed by atoms with Gasteiger partial charge in [-0.2, -0.15) is 4.31 Å². The fraction of sp³-hybridized carbons (Fsp3) is 0.300. The minimum Gasteiger partial charge on any atom is -0.478 e. The van der Waals surface area contributed by atoms with E-state index in [9.17, 15) is 22.4 Å². The lowest BCUT2D eigenvalue weighted by Gasteiger charge is -2.19. The number of amides is 2. The predicted molar refractivity (Wildman–Crippen MR) is 114 cm³/mol. The second-order valence-corrected chi connectivity index (χ2v) is 8.68. The van der Waals surface area contributed by atoms with Crippen molar-refractivity contribution in [1.29, 1.82) is 0 Å². The van der Waals surface area contributed by atoms with Crippen LogP contribution in [0.3, 0.4) is 0 Å². The molecule has 168 valence electrons. The molecule has 0 saturated carbocycles. The summed E-state index contributed by atoms with van der Waals surface area (Å²) in [6, 6.07) is 9.33. The number of hydrogen-bond donors (Lipinski definition) is 2. The summed E-state index contributed by atoms with van der Waals surface area (Å²) in [5, 5.41) is -0.0283. The molecule has 0 aliphatic carbocycles. The molecule has 0 saturated heterocycles. The van der Waals surface area contributed by atoms with Crippen molar-refractivity contribution in [2.75, 3.05) is 13.1 Å². The summed E-state index contributed by atoms with van der Waals surface area (Å²) >= 11 is 6.05. The molecule has 0 aliphatic rings. The fourth-order valence-corrected chi connectivity index (χ4v) is 4.58. The van der Waals surface area contributed by atoms with Crippen LogP contribution in [0.25, 0.3) is 0 Å². The first kappa shape index (κ1) is 24.6. The first-order chi connectivity index (χ1) is 14.6. The molecular formula is C20H23ClFN3O5S. The van der Waals surface area contributed by atoms with E-state index in [4.69, 9.17) is 16.3 Å². The second kappa shape index (κ2) is 10.6. The van der Waals surface area contributed by atoms with Crippen molar-refractivity contribution in [3.05, 3.63) is 58.9 Å². The third-order valence-corrected chi connectivity index (χ3v) is 6.86. The van der Waals surface area contributed by atoms with E-state index in [1.54, 1.807) is 19.9 Å². The van der Waals surface area contributed by atoms with Gasteiger partial charge in [-0.05, 0) is 37.3 Å². The first-order valence-corrected chi connectivity index (χ1v) is 11.2. The molecule has 8 nitrogen and oxygen atoms in total. The molecule has 0 radical (unpaired) electrons. The van der Waals surface area contributed by atoms with Crippen LogP contribution in [-0.2, 0) is 14.8 Å². The Kier molecular flexibility index (Phi) is 8.37. The van der Waals surface area contributed by atoms with Gasteiger partial charge in [-0.3, -0.25) is 20.4 Å². The monoisotopic (exact) mass is 471 g/mol. The van der Waals surface area contributed by atoms with Gasteiger partial charge in [-0.25, -0.2) is 12.8 Å². The van der Waals surface area contributed by atoms with Gasteiger partial charge in [0.05, 0.1) is 5.02 Å². The quantitative estimate of drug-likeness (QED) is 0.576. The largest absolute Gasteiger partial charge is 0.478 e. The van der Waals surface area contributed by atoms with Crippen LogP contribution in [0.2, 0.25) is 5.02 Å². The van der Waals surface area contributed by atoms with E-state index >= 15 is 0 Å². The number of carbonyl (C=O) groups excluding carboxylic acids is 2. The van der Waals surface area contributed by atoms with E-state index < -0.39 is 33.8 Å². The maximum absolute atomic E-state index is 13.6. The molecule has 11 heteroatoms. The van der Waals surface area contributed by atoms with Gasteiger partial charge in [-0.1, -0.05) is 37.6 Å². The van der Waals surface area contributed by atoms with E-state index in [-0.39, 0.29) is 34.3 Å². The topological polar surface area (TPSA) is 105 Å². The smallest absolute Gasteiger partial charge is 0.279 e. The molecule has 1 unspecified atom stereocenters. The Labute approximate surface area is 185 Å². The van der Waals surface area contributed by atoms with Crippen molar-refractivity contribution < 1.29 is 27.1 Å². The van der Waals surface area contributed by atoms with Crippen molar-refractivity contribution in [2.24, 2.45) is 0 Å². The molecule has 0 fully saturated rings. The number of carbonyl (C=O) groups is 2. The molecule has 2 N–H and O–H groups in total. The zero-order valence-electron chi connectivity index (χ0n) is 17.2. The van der Waals surface area contributed by atoms with E-state index in [1.807, 2.05) is 0 Å². The fourth-order valence-electron chi connectivity index (χ4n) is 2.62. The van der Waals surface area contributed by atoms with Gasteiger partial charge in [0.15, 0.2) is 17.7 Å². The number of ether oxygens (including phenoxy) is 1. The highest BCUT2D eigenvalue weighted by Crippen LogP contribution is 2.26. The van der Waals surface area contributed by atoms with E-state index in [2.05, 4.69) is 10.9 Å². The highest BCUT2D eigenvalue weighted by Gasteiger charge is 2.26. The Morgan fingerprint density at radius 2 is 1.77 bits per heavy atom. The summed E-state index contributed by atoms with van der Waals surface area (Å²) in [5.74, 6) is -2.24. The molecule has 2 amide bonds. The van der Waals surface area contributed by atoms with Gasteiger partial charge >= 0.3 is 0 Å². The number of halogens is 2. The third kappa shape index (κ3) is 5.93. The summed E-state index contributed by atoms with van der Waals surface area (Å²) in [4.78, 5) is 24.3. The third-order valence-electron chi connectivity index (χ3n) is 4.33. The van der Waals surface area contributed by atoms with E-state index in [0.29, 0.717) is 0 Å². The molecule has 2 rings (SSSR count). The Morgan fingerprint density at radius 1 is 1.13 bits per heavy atom. The SMILES string of the molecule is CCN(CC)S(=O)(=O)c1cc(C(=O)NNC(=O)C(C)Oc2ccccc2F)ccc1Cl. The maximum atomic E-state index is 13.6. The zero-order valence-corrected chi connectivity index (χ0v) is 18.8. The number of rotatable bonds is 8. The van der Waals surface area contributed by atoms with Crippen molar-refractivity contribution in [2.45, 2.75) is 31.8 Å². The van der Waals surface area contributed by atoms with Gasteiger partial charge in [-0.15, -0.1) is 0 Å². The Bertz CT molecular complexity index is 1060. The number of sulfonamides is 1. The summed E-state index contributed by atoms with van der Waals surface area (Å²) in [6.07, 6.45) is -1.11. The summed E-state index contributed by atoms with van der Waals surface area (Å²) in [5.41, 5.74) is 4.30. The zero-order chi connectivity index (χ0) is 23.2. The number of hydrazine groups is 1. The van der Waals surface area contributed by atoms with Crippen molar-refractivity contribution in [3.8, 4) is 5.75 Å². The number of nitrogens with one attached hydrogen (secondary N) is 2. The van der Waals surface area contributed by atoms with Crippen molar-refractivity contribution >= 4 is 33.4 Å². The van der Waals surface area contributed by atoms with E-state index in [0.717, 1.165) is 6.07 Å². The van der Waals surface area contributed by atoms with Crippen LogP contribution >= 0.6 is 11.6 Å². The molecule has 0 bridgehead atoms. The summed E-state index contributed by atoms with van der Waals surface area (Å²) in [7, 11) is -3.89. The molecule has 31 heavy (non-hydrogen) atoms. The minimum atomic E-state index is -3.89. The van der Waals surface area contributed by atoms with Crippen molar-refractivity contribution in [3.63, 3.8) is 0 Å². The number of para-hydroxylation sites is 1. The van der Waals surface area contributed by atoms with E-state index in [1.165, 1.54) is 41.6 Å². The lowest BCUT2D eigenvalue weighted by molar-refractivity contribution is -0.128. The molecule has 0 aliphatic heterocycles. The van der Waals surface area contributed by atoms with Gasteiger partial charge in [0, 0.05) is 18.7 Å². The highest BCUT2D eigenvalue weighted by atomic mass is 35.5. The lowest BCUT2D eigenvalue weighted by atomic mass is 10.2. The Morgan fingerprint density at radius 3 is 2.39 bits per heavy atom. The normalized spacial score (nSPS) is 12.3. The molecule has 1 atom stereocenters. The van der Waals surface area contributed by atoms with Gasteiger partial charge in [0.2, 0.25) is 10.0 Å². The molecular weight excluding hydrogens is 449 g/mol. The second-order valence-electron chi connectivity index (χ2n) is 6.37. The predicted octanol–water partition coefficient (Wildman–Crippen LogP) is 2.74. The number of hydrogen-bond acceptors (Lipinski definition) is 5. The van der Waals surface area contributed by atoms with Crippen LogP contribution in [0.4, 0.5) is 4.39 Å². The standard InChI is InChI=1S/C20H23ClFN3O5S/c1-4-25(5-2)31(28,29)18-12-14(10-11-15(18)21)20(27)24-23-19(26)13(3)30-17-9-7-6-8-16(17)22/h6-13H,4-5H2,1-3H3,(H,23,26)(H,24,27). The minimum absolute atomic E-state index is 0.0283. The van der Waals surface area contributed by atoms with Crippen LogP contribution in [0, 0.1) is 5.82 Å². The maximum Gasteiger partial charge on any atom is 0.279 e.